The minimum atomic E-state index is -1.36. The molecule has 9 nitrogen and oxygen atoms in total. The first-order chi connectivity index (χ1) is 14.0. The van der Waals surface area contributed by atoms with Gasteiger partial charge in [-0.15, -0.1) is 0 Å². The predicted molar refractivity (Wildman–Crippen MR) is 103 cm³/mol. The van der Waals surface area contributed by atoms with Gasteiger partial charge in [-0.05, 0) is 12.1 Å². The normalized spacial score (nSPS) is 11.0. The Hall–Kier alpha value is -3.75. The lowest BCUT2D eigenvalue weighted by Crippen LogP contribution is -2.41. The highest BCUT2D eigenvalue weighted by Gasteiger charge is 2.29. The maximum atomic E-state index is 12.9. The molecule has 2 rings (SSSR count). The van der Waals surface area contributed by atoms with Gasteiger partial charge in [0.15, 0.2) is 11.5 Å². The molecule has 0 saturated heterocycles. The van der Waals surface area contributed by atoms with Crippen molar-refractivity contribution in [1.82, 2.24) is 10.6 Å². The van der Waals surface area contributed by atoms with Crippen LogP contribution in [0.5, 0.6) is 17.2 Å². The SMILES string of the molecule is CNC(=O)NC(=O)C(OC(=O)c1ccc(OC)c(OC)c1OC)c1ccccc1. The van der Waals surface area contributed by atoms with E-state index in [9.17, 15) is 14.4 Å². The average Bonchev–Trinajstić information content (AvgIpc) is 2.76. The number of esters is 1. The molecule has 1 unspecified atom stereocenters. The number of rotatable bonds is 7. The van der Waals surface area contributed by atoms with Gasteiger partial charge in [0, 0.05) is 12.6 Å². The number of nitrogens with one attached hydrogen (secondary N) is 2. The number of hydrogen-bond acceptors (Lipinski definition) is 7. The van der Waals surface area contributed by atoms with Gasteiger partial charge in [-0.25, -0.2) is 9.59 Å². The number of carbonyl (C=O) groups is 3. The highest BCUT2D eigenvalue weighted by Crippen LogP contribution is 2.40. The summed E-state index contributed by atoms with van der Waals surface area (Å²) in [7, 11) is 5.57. The third kappa shape index (κ3) is 4.95. The fraction of sp³-hybridized carbons (Fsp3) is 0.250. The van der Waals surface area contributed by atoms with Gasteiger partial charge in [-0.2, -0.15) is 0 Å². The summed E-state index contributed by atoms with van der Waals surface area (Å²) < 4.78 is 21.2. The lowest BCUT2D eigenvalue weighted by molar-refractivity contribution is -0.129. The van der Waals surface area contributed by atoms with Crippen molar-refractivity contribution in [2.24, 2.45) is 0 Å². The van der Waals surface area contributed by atoms with Gasteiger partial charge in [0.25, 0.3) is 5.91 Å². The highest BCUT2D eigenvalue weighted by atomic mass is 16.6. The molecule has 0 aliphatic rings. The van der Waals surface area contributed by atoms with Crippen molar-refractivity contribution < 1.29 is 33.3 Å². The standard InChI is InChI=1S/C20H22N2O7/c1-21-20(25)22-18(23)15(12-8-6-5-7-9-12)29-19(24)13-10-11-14(26-2)17(28-4)16(13)27-3/h5-11,15H,1-4H3,(H2,21,22,23,25). The van der Waals surface area contributed by atoms with E-state index in [1.165, 1.54) is 40.5 Å². The molecule has 0 aliphatic heterocycles. The molecule has 2 aromatic rings. The molecular formula is C20H22N2O7. The van der Waals surface area contributed by atoms with Crippen LogP contribution in [0.4, 0.5) is 4.79 Å². The van der Waals surface area contributed by atoms with Gasteiger partial charge in [-0.1, -0.05) is 30.3 Å². The number of carbonyl (C=O) groups excluding carboxylic acids is 3. The minimum Gasteiger partial charge on any atom is -0.493 e. The molecule has 0 radical (unpaired) electrons. The summed E-state index contributed by atoms with van der Waals surface area (Å²) in [5.41, 5.74) is 0.417. The van der Waals surface area contributed by atoms with Crippen LogP contribution in [-0.4, -0.2) is 46.3 Å². The lowest BCUT2D eigenvalue weighted by atomic mass is 10.1. The van der Waals surface area contributed by atoms with E-state index in [0.717, 1.165) is 0 Å². The third-order valence-electron chi connectivity index (χ3n) is 3.95. The summed E-state index contributed by atoms with van der Waals surface area (Å²) in [6.07, 6.45) is -1.36. The summed E-state index contributed by atoms with van der Waals surface area (Å²) >= 11 is 0. The van der Waals surface area contributed by atoms with Crippen molar-refractivity contribution in [2.45, 2.75) is 6.10 Å². The zero-order valence-corrected chi connectivity index (χ0v) is 16.5. The van der Waals surface area contributed by atoms with Crippen LogP contribution in [0.25, 0.3) is 0 Å². The number of benzene rings is 2. The largest absolute Gasteiger partial charge is 0.493 e. The van der Waals surface area contributed by atoms with Crippen LogP contribution in [0.15, 0.2) is 42.5 Å². The average molecular weight is 402 g/mol. The number of ether oxygens (including phenoxy) is 4. The number of imide groups is 1. The van der Waals surface area contributed by atoms with Crippen molar-refractivity contribution in [3.05, 3.63) is 53.6 Å². The van der Waals surface area contributed by atoms with Gasteiger partial charge in [-0.3, -0.25) is 10.1 Å². The second kappa shape index (κ2) is 9.98. The molecule has 0 spiro atoms. The van der Waals surface area contributed by atoms with E-state index in [1.807, 2.05) is 0 Å². The first-order valence-electron chi connectivity index (χ1n) is 8.54. The van der Waals surface area contributed by atoms with Crippen LogP contribution in [0.1, 0.15) is 22.0 Å². The summed E-state index contributed by atoms with van der Waals surface area (Å²) in [6, 6.07) is 10.5. The Balaban J connectivity index is 2.40. The molecule has 0 aliphatic carbocycles. The van der Waals surface area contributed by atoms with Gasteiger partial charge < -0.3 is 24.3 Å². The Kier molecular flexibility index (Phi) is 7.41. The van der Waals surface area contributed by atoms with E-state index >= 15 is 0 Å². The zero-order chi connectivity index (χ0) is 21.4. The molecule has 29 heavy (non-hydrogen) atoms. The molecule has 0 fully saturated rings. The topological polar surface area (TPSA) is 112 Å². The van der Waals surface area contributed by atoms with Crippen LogP contribution in [0.3, 0.4) is 0 Å². The summed E-state index contributed by atoms with van der Waals surface area (Å²) in [4.78, 5) is 36.9. The van der Waals surface area contributed by atoms with Crippen molar-refractivity contribution in [2.75, 3.05) is 28.4 Å². The number of amides is 3. The van der Waals surface area contributed by atoms with Gasteiger partial charge in [0.2, 0.25) is 11.9 Å². The fourth-order valence-corrected chi connectivity index (χ4v) is 2.57. The maximum Gasteiger partial charge on any atom is 0.343 e. The first kappa shape index (κ1) is 21.5. The predicted octanol–water partition coefficient (Wildman–Crippen LogP) is 2.07. The Morgan fingerprint density at radius 1 is 0.862 bits per heavy atom. The van der Waals surface area contributed by atoms with Gasteiger partial charge in [0.1, 0.15) is 5.56 Å². The lowest BCUT2D eigenvalue weighted by Gasteiger charge is -2.19. The number of urea groups is 1. The van der Waals surface area contributed by atoms with Crippen molar-refractivity contribution >= 4 is 17.9 Å². The number of hydrogen-bond donors (Lipinski definition) is 2. The smallest absolute Gasteiger partial charge is 0.343 e. The van der Waals surface area contributed by atoms with E-state index in [4.69, 9.17) is 18.9 Å². The first-order valence-corrected chi connectivity index (χ1v) is 8.54. The van der Waals surface area contributed by atoms with E-state index in [0.29, 0.717) is 11.3 Å². The Morgan fingerprint density at radius 3 is 2.07 bits per heavy atom. The summed E-state index contributed by atoms with van der Waals surface area (Å²) in [5.74, 6) is -0.990. The van der Waals surface area contributed by atoms with Crippen LogP contribution >= 0.6 is 0 Å². The van der Waals surface area contributed by atoms with Crippen LogP contribution in [0, 0.1) is 0 Å². The summed E-state index contributed by atoms with van der Waals surface area (Å²) in [5, 5.41) is 4.38. The maximum absolute atomic E-state index is 12.9. The van der Waals surface area contributed by atoms with E-state index in [1.54, 1.807) is 30.3 Å². The second-order valence-corrected chi connectivity index (χ2v) is 5.65. The van der Waals surface area contributed by atoms with Gasteiger partial charge in [0.05, 0.1) is 21.3 Å². The van der Waals surface area contributed by atoms with Crippen molar-refractivity contribution in [3.8, 4) is 17.2 Å². The molecule has 2 N–H and O–H groups in total. The Bertz CT molecular complexity index is 884. The zero-order valence-electron chi connectivity index (χ0n) is 16.5. The molecule has 154 valence electrons. The highest BCUT2D eigenvalue weighted by molar-refractivity contribution is 6.00. The molecule has 2 aromatic carbocycles. The quantitative estimate of drug-likeness (QED) is 0.682. The molecule has 3 amide bonds. The number of methoxy groups -OCH3 is 3. The molecule has 0 saturated carbocycles. The molecule has 0 bridgehead atoms. The molecule has 9 heteroatoms. The van der Waals surface area contributed by atoms with E-state index in [-0.39, 0.29) is 17.1 Å². The van der Waals surface area contributed by atoms with Crippen LogP contribution < -0.4 is 24.8 Å². The molecular weight excluding hydrogens is 380 g/mol. The van der Waals surface area contributed by atoms with E-state index in [2.05, 4.69) is 10.6 Å². The fourth-order valence-electron chi connectivity index (χ4n) is 2.57. The third-order valence-corrected chi connectivity index (χ3v) is 3.95. The minimum absolute atomic E-state index is 0.0267. The molecule has 0 heterocycles. The molecule has 1 atom stereocenters. The van der Waals surface area contributed by atoms with E-state index < -0.39 is 24.0 Å². The van der Waals surface area contributed by atoms with Crippen molar-refractivity contribution in [1.29, 1.82) is 0 Å². The monoisotopic (exact) mass is 402 g/mol. The second-order valence-electron chi connectivity index (χ2n) is 5.65. The Labute approximate surface area is 167 Å². The van der Waals surface area contributed by atoms with Crippen LogP contribution in [0.2, 0.25) is 0 Å². The van der Waals surface area contributed by atoms with Crippen molar-refractivity contribution in [3.63, 3.8) is 0 Å². The Morgan fingerprint density at radius 2 is 1.52 bits per heavy atom. The summed E-state index contributed by atoms with van der Waals surface area (Å²) in [6.45, 7) is 0. The molecule has 0 aromatic heterocycles. The van der Waals surface area contributed by atoms with Gasteiger partial charge >= 0.3 is 12.0 Å². The van der Waals surface area contributed by atoms with Crippen LogP contribution in [-0.2, 0) is 9.53 Å².